The number of nitrogens with one attached hydrogen (secondary N) is 3. The van der Waals surface area contributed by atoms with Crippen LogP contribution in [0.5, 0.6) is 0 Å². The molecule has 0 amide bonds. The van der Waals surface area contributed by atoms with Crippen molar-refractivity contribution in [2.24, 2.45) is 10.9 Å². The largest absolute Gasteiger partial charge is 0.432 e. The molecule has 1 aromatic heterocycles. The van der Waals surface area contributed by atoms with E-state index in [1.54, 1.807) is 26.1 Å². The highest BCUT2D eigenvalue weighted by Gasteiger charge is 2.33. The monoisotopic (exact) mass is 443 g/mol. The van der Waals surface area contributed by atoms with Gasteiger partial charge in [0.15, 0.2) is 11.8 Å². The number of hydrogen-bond donors (Lipinski definition) is 3. The molecule has 0 radical (unpaired) electrons. The molecule has 1 heterocycles. The maximum absolute atomic E-state index is 12.6. The summed E-state index contributed by atoms with van der Waals surface area (Å²) in [5, 5.41) is 11.4. The van der Waals surface area contributed by atoms with E-state index in [-0.39, 0.29) is 11.6 Å². The van der Waals surface area contributed by atoms with Crippen molar-refractivity contribution in [2.45, 2.75) is 46.2 Å². The molecule has 31 heavy (non-hydrogen) atoms. The lowest BCUT2D eigenvalue weighted by atomic mass is 10.0. The first-order valence-corrected chi connectivity index (χ1v) is 9.96. The number of aromatic nitrogens is 2. The number of hydrogen-bond acceptors (Lipinski definition) is 3. The number of carbonyl (C=O) groups is 1. The summed E-state index contributed by atoms with van der Waals surface area (Å²) in [6, 6.07) is 5.31. The van der Waals surface area contributed by atoms with Gasteiger partial charge in [0.05, 0.1) is 0 Å². The van der Waals surface area contributed by atoms with E-state index in [4.69, 9.17) is 0 Å². The Morgan fingerprint density at radius 3 is 2.48 bits per heavy atom. The summed E-state index contributed by atoms with van der Waals surface area (Å²) in [6.45, 7) is 6.62. The molecule has 0 spiro atoms. The van der Waals surface area contributed by atoms with Gasteiger partial charge in [-0.3, -0.25) is 14.9 Å². The lowest BCUT2D eigenvalue weighted by Gasteiger charge is -2.16. The standard InChI is InChI=1S/C13H22F3N5.C8H7FO/c1-4-6-9(5-2)8-18-12(17-3)19-11-7-10(20-21-11)13(14,15)16;1-6-2-3-7(5-10)4-8(6)9/h7,9H,4-6,8H2,1-3H3,(H3,17,18,19,20,21);2-5H,1H3. The van der Waals surface area contributed by atoms with E-state index in [0.717, 1.165) is 31.9 Å². The number of guanidine groups is 1. The highest BCUT2D eigenvalue weighted by Crippen LogP contribution is 2.28. The Labute approximate surface area is 179 Å². The van der Waals surface area contributed by atoms with Gasteiger partial charge in [0.2, 0.25) is 0 Å². The van der Waals surface area contributed by atoms with Crippen LogP contribution in [0.25, 0.3) is 0 Å². The predicted molar refractivity (Wildman–Crippen MR) is 114 cm³/mol. The van der Waals surface area contributed by atoms with Crippen LogP contribution in [0, 0.1) is 18.7 Å². The second-order valence-corrected chi connectivity index (χ2v) is 6.93. The Bertz CT molecular complexity index is 849. The Hall–Kier alpha value is -2.91. The van der Waals surface area contributed by atoms with Crippen LogP contribution in [0.15, 0.2) is 29.3 Å². The van der Waals surface area contributed by atoms with Crippen molar-refractivity contribution < 1.29 is 22.4 Å². The summed E-state index contributed by atoms with van der Waals surface area (Å²) in [5.74, 6) is 0.673. The maximum atomic E-state index is 12.6. The topological polar surface area (TPSA) is 82.2 Å². The molecule has 0 aliphatic rings. The first-order chi connectivity index (χ1) is 14.6. The third kappa shape index (κ3) is 9.18. The molecule has 6 nitrogen and oxygen atoms in total. The number of aldehydes is 1. The van der Waals surface area contributed by atoms with E-state index in [0.29, 0.717) is 29.3 Å². The van der Waals surface area contributed by atoms with Gasteiger partial charge in [-0.2, -0.15) is 18.3 Å². The van der Waals surface area contributed by atoms with E-state index in [1.807, 2.05) is 5.10 Å². The van der Waals surface area contributed by atoms with E-state index < -0.39 is 11.9 Å². The molecule has 172 valence electrons. The average molecular weight is 443 g/mol. The number of aliphatic imine (C=N–C) groups is 1. The van der Waals surface area contributed by atoms with Crippen molar-refractivity contribution >= 4 is 18.1 Å². The lowest BCUT2D eigenvalue weighted by Crippen LogP contribution is -2.34. The minimum Gasteiger partial charge on any atom is -0.356 e. The molecular formula is C21H29F4N5O. The summed E-state index contributed by atoms with van der Waals surface area (Å²) < 4.78 is 50.0. The molecule has 0 aliphatic carbocycles. The fourth-order valence-electron chi connectivity index (χ4n) is 2.61. The number of rotatable bonds is 7. The molecule has 2 aromatic rings. The van der Waals surface area contributed by atoms with Crippen LogP contribution in [0.4, 0.5) is 23.4 Å². The van der Waals surface area contributed by atoms with Crippen molar-refractivity contribution in [2.75, 3.05) is 18.9 Å². The van der Waals surface area contributed by atoms with Gasteiger partial charge in [0, 0.05) is 25.2 Å². The molecule has 10 heteroatoms. The molecule has 0 aliphatic heterocycles. The summed E-state index contributed by atoms with van der Waals surface area (Å²) >= 11 is 0. The van der Waals surface area contributed by atoms with Crippen LogP contribution in [0.1, 0.15) is 54.7 Å². The van der Waals surface area contributed by atoms with Gasteiger partial charge in [0.25, 0.3) is 0 Å². The zero-order chi connectivity index (χ0) is 23.4. The number of aryl methyl sites for hydroxylation is 1. The number of benzene rings is 1. The van der Waals surface area contributed by atoms with Crippen LogP contribution >= 0.6 is 0 Å². The van der Waals surface area contributed by atoms with Gasteiger partial charge < -0.3 is 10.6 Å². The number of carbonyl (C=O) groups excluding carboxylic acids is 1. The van der Waals surface area contributed by atoms with Gasteiger partial charge in [0.1, 0.15) is 17.8 Å². The van der Waals surface area contributed by atoms with Gasteiger partial charge in [-0.1, -0.05) is 38.8 Å². The van der Waals surface area contributed by atoms with Crippen molar-refractivity contribution in [1.82, 2.24) is 15.5 Å². The summed E-state index contributed by atoms with van der Waals surface area (Å²) in [6.07, 6.45) is -0.569. The number of nitrogens with zero attached hydrogens (tertiary/aromatic N) is 2. The summed E-state index contributed by atoms with van der Waals surface area (Å²) in [5.41, 5.74) is 0.0478. The number of alkyl halides is 3. The lowest BCUT2D eigenvalue weighted by molar-refractivity contribution is -0.141. The van der Waals surface area contributed by atoms with E-state index in [1.165, 1.54) is 6.07 Å². The molecule has 3 N–H and O–H groups in total. The Balaban J connectivity index is 0.000000399. The highest BCUT2D eigenvalue weighted by atomic mass is 19.4. The van der Waals surface area contributed by atoms with Crippen LogP contribution in [0.2, 0.25) is 0 Å². The minimum atomic E-state index is -4.43. The SMILES string of the molecule is CCCC(CC)CNC(=NC)Nc1cc(C(F)(F)F)[nH]n1.Cc1ccc(C=O)cc1F. The van der Waals surface area contributed by atoms with Crippen molar-refractivity contribution in [1.29, 1.82) is 0 Å². The molecule has 2 rings (SSSR count). The molecule has 1 atom stereocenters. The minimum absolute atomic E-state index is 0.0824. The molecule has 0 fully saturated rings. The Kier molecular flexibility index (Phi) is 10.7. The average Bonchev–Trinajstić information content (AvgIpc) is 3.21. The van der Waals surface area contributed by atoms with Crippen molar-refractivity contribution in [3.63, 3.8) is 0 Å². The molecule has 0 saturated heterocycles. The predicted octanol–water partition coefficient (Wildman–Crippen LogP) is 5.19. The summed E-state index contributed by atoms with van der Waals surface area (Å²) in [7, 11) is 1.56. The van der Waals surface area contributed by atoms with Crippen molar-refractivity contribution in [3.05, 3.63) is 46.9 Å². The third-order valence-electron chi connectivity index (χ3n) is 4.52. The summed E-state index contributed by atoms with van der Waals surface area (Å²) in [4.78, 5) is 14.1. The smallest absolute Gasteiger partial charge is 0.356 e. The van der Waals surface area contributed by atoms with E-state index in [9.17, 15) is 22.4 Å². The van der Waals surface area contributed by atoms with Gasteiger partial charge in [-0.05, 0) is 30.9 Å². The highest BCUT2D eigenvalue weighted by molar-refractivity contribution is 5.92. The van der Waals surface area contributed by atoms with E-state index >= 15 is 0 Å². The maximum Gasteiger partial charge on any atom is 0.432 e. The normalized spacial score (nSPS) is 12.6. The number of H-pyrrole nitrogens is 1. The fraction of sp³-hybridized carbons (Fsp3) is 0.476. The number of aromatic amines is 1. The zero-order valence-corrected chi connectivity index (χ0v) is 18.1. The second-order valence-electron chi connectivity index (χ2n) is 6.93. The number of halogens is 4. The van der Waals surface area contributed by atoms with Crippen LogP contribution < -0.4 is 10.6 Å². The van der Waals surface area contributed by atoms with Crippen molar-refractivity contribution in [3.8, 4) is 0 Å². The quantitative estimate of drug-likeness (QED) is 0.238. The first kappa shape index (κ1) is 26.1. The fourth-order valence-corrected chi connectivity index (χ4v) is 2.61. The molecular weight excluding hydrogens is 414 g/mol. The first-order valence-electron chi connectivity index (χ1n) is 9.96. The van der Waals surface area contributed by atoms with Gasteiger partial charge in [-0.25, -0.2) is 4.39 Å². The van der Waals surface area contributed by atoms with Crippen LogP contribution in [-0.4, -0.2) is 36.0 Å². The molecule has 0 bridgehead atoms. The Morgan fingerprint density at radius 1 is 1.29 bits per heavy atom. The third-order valence-corrected chi connectivity index (χ3v) is 4.52. The van der Waals surface area contributed by atoms with E-state index in [2.05, 4.69) is 34.6 Å². The molecule has 1 unspecified atom stereocenters. The molecule has 1 aromatic carbocycles. The molecule has 0 saturated carbocycles. The zero-order valence-electron chi connectivity index (χ0n) is 18.1. The number of anilines is 1. The van der Waals surface area contributed by atoms with Gasteiger partial charge in [-0.15, -0.1) is 0 Å². The van der Waals surface area contributed by atoms with Gasteiger partial charge >= 0.3 is 6.18 Å². The van der Waals surface area contributed by atoms with Crippen LogP contribution in [-0.2, 0) is 6.18 Å². The second kappa shape index (κ2) is 12.7. The van der Waals surface area contributed by atoms with Crippen LogP contribution in [0.3, 0.4) is 0 Å². The Morgan fingerprint density at radius 2 is 2.00 bits per heavy atom.